The molecule has 1 aromatic heterocycles. The average Bonchev–Trinajstić information content (AvgIpc) is 2.81. The van der Waals surface area contributed by atoms with Gasteiger partial charge in [0, 0.05) is 17.6 Å². The zero-order valence-electron chi connectivity index (χ0n) is 18.9. The molecule has 2 aromatic carbocycles. The highest BCUT2D eigenvalue weighted by molar-refractivity contribution is 6.33. The van der Waals surface area contributed by atoms with Crippen LogP contribution in [0.5, 0.6) is 0 Å². The van der Waals surface area contributed by atoms with Crippen LogP contribution in [0, 0.1) is 17.8 Å². The Balaban J connectivity index is 1.17. The van der Waals surface area contributed by atoms with E-state index in [0.29, 0.717) is 11.1 Å². The molecule has 0 radical (unpaired) electrons. The van der Waals surface area contributed by atoms with Gasteiger partial charge in [-0.1, -0.05) is 17.7 Å². The Morgan fingerprint density at radius 1 is 0.882 bits per heavy atom. The molecule has 3 aromatic rings. The number of carboxylic acids is 1. The van der Waals surface area contributed by atoms with Crippen LogP contribution in [0.1, 0.15) is 54.4 Å². The Kier molecular flexibility index (Phi) is 5.25. The summed E-state index contributed by atoms with van der Waals surface area (Å²) in [6.07, 6.45) is 11.3. The summed E-state index contributed by atoms with van der Waals surface area (Å²) in [4.78, 5) is 15.4. The van der Waals surface area contributed by atoms with Gasteiger partial charge in [-0.2, -0.15) is 0 Å². The molecular formula is C28H28ClN3O2. The molecule has 1 heterocycles. The molecule has 34 heavy (non-hydrogen) atoms. The minimum atomic E-state index is -0.991. The lowest BCUT2D eigenvalue weighted by molar-refractivity contribution is -0.00518. The van der Waals surface area contributed by atoms with Crippen molar-refractivity contribution in [3.05, 3.63) is 77.1 Å². The third kappa shape index (κ3) is 3.92. The molecule has 0 spiro atoms. The van der Waals surface area contributed by atoms with Gasteiger partial charge < -0.3 is 15.7 Å². The molecule has 0 aliphatic heterocycles. The monoisotopic (exact) mass is 473 g/mol. The molecule has 6 heteroatoms. The third-order valence-corrected chi connectivity index (χ3v) is 8.43. The van der Waals surface area contributed by atoms with Gasteiger partial charge in [0.15, 0.2) is 0 Å². The number of pyridine rings is 1. The van der Waals surface area contributed by atoms with E-state index in [1.807, 2.05) is 24.3 Å². The molecule has 7 rings (SSSR count). The second kappa shape index (κ2) is 8.31. The lowest BCUT2D eigenvalue weighted by Crippen LogP contribution is -2.48. The van der Waals surface area contributed by atoms with Gasteiger partial charge >= 0.3 is 5.97 Å². The fourth-order valence-corrected chi connectivity index (χ4v) is 7.27. The van der Waals surface area contributed by atoms with Gasteiger partial charge in [0.05, 0.1) is 28.2 Å². The van der Waals surface area contributed by atoms with Crippen molar-refractivity contribution >= 4 is 40.3 Å². The fraction of sp³-hybridized carbons (Fsp3) is 0.357. The summed E-state index contributed by atoms with van der Waals surface area (Å²) in [5.41, 5.74) is 5.00. The number of hydrogen-bond acceptors (Lipinski definition) is 4. The van der Waals surface area contributed by atoms with Crippen LogP contribution >= 0.6 is 11.6 Å². The summed E-state index contributed by atoms with van der Waals surface area (Å²) in [6.45, 7) is 0. The van der Waals surface area contributed by atoms with Gasteiger partial charge in [-0.25, -0.2) is 4.79 Å². The fourth-order valence-electron chi connectivity index (χ4n) is 7.04. The molecule has 174 valence electrons. The molecule has 0 saturated heterocycles. The maximum atomic E-state index is 11.4. The highest BCUT2D eigenvalue weighted by Gasteiger charge is 2.51. The number of halogens is 1. The van der Waals surface area contributed by atoms with Crippen molar-refractivity contribution in [2.45, 2.75) is 43.9 Å². The van der Waals surface area contributed by atoms with Crippen LogP contribution in [-0.4, -0.2) is 16.1 Å². The van der Waals surface area contributed by atoms with Crippen molar-refractivity contribution in [3.63, 3.8) is 0 Å². The van der Waals surface area contributed by atoms with Crippen LogP contribution < -0.4 is 10.6 Å². The van der Waals surface area contributed by atoms with E-state index in [0.717, 1.165) is 39.8 Å². The van der Waals surface area contributed by atoms with Gasteiger partial charge in [0.25, 0.3) is 0 Å². The number of benzene rings is 2. The van der Waals surface area contributed by atoms with E-state index >= 15 is 0 Å². The Bertz CT molecular complexity index is 1210. The maximum absolute atomic E-state index is 11.4. The van der Waals surface area contributed by atoms with Gasteiger partial charge in [-0.05, 0) is 110 Å². The zero-order valence-corrected chi connectivity index (χ0v) is 19.7. The van der Waals surface area contributed by atoms with Gasteiger partial charge in [-0.15, -0.1) is 0 Å². The number of carboxylic acid groups (broad SMARTS) is 1. The van der Waals surface area contributed by atoms with Gasteiger partial charge in [0.1, 0.15) is 0 Å². The molecule has 0 amide bonds. The number of carbonyl (C=O) groups is 1. The number of anilines is 4. The molecule has 5 nitrogen and oxygen atoms in total. The van der Waals surface area contributed by atoms with E-state index < -0.39 is 5.97 Å². The number of aromatic carboxylic acids is 1. The van der Waals surface area contributed by atoms with Crippen molar-refractivity contribution in [2.75, 3.05) is 10.6 Å². The minimum absolute atomic E-state index is 0.183. The Labute approximate surface area is 204 Å². The predicted octanol–water partition coefficient (Wildman–Crippen LogP) is 7.39. The molecule has 0 atom stereocenters. The van der Waals surface area contributed by atoms with Crippen molar-refractivity contribution in [3.8, 4) is 0 Å². The number of nitrogens with one attached hydrogen (secondary N) is 2. The van der Waals surface area contributed by atoms with Crippen LogP contribution in [0.25, 0.3) is 0 Å². The van der Waals surface area contributed by atoms with Crippen LogP contribution in [-0.2, 0) is 5.41 Å². The van der Waals surface area contributed by atoms with Crippen LogP contribution in [0.3, 0.4) is 0 Å². The van der Waals surface area contributed by atoms with E-state index in [9.17, 15) is 9.90 Å². The third-order valence-electron chi connectivity index (χ3n) is 8.11. The molecule has 4 bridgehead atoms. The SMILES string of the molecule is O=C(O)c1ccncc1Nc1ccc(Nc2ccc(C34CC5CC(CC(C5)C3)C4)cc2Cl)cc1. The van der Waals surface area contributed by atoms with E-state index in [2.05, 4.69) is 33.8 Å². The Morgan fingerprint density at radius 2 is 1.47 bits per heavy atom. The predicted molar refractivity (Wildman–Crippen MR) is 136 cm³/mol. The van der Waals surface area contributed by atoms with E-state index in [1.165, 1.54) is 62.5 Å². The maximum Gasteiger partial charge on any atom is 0.337 e. The molecule has 4 fully saturated rings. The van der Waals surface area contributed by atoms with Crippen molar-refractivity contribution in [1.82, 2.24) is 4.98 Å². The van der Waals surface area contributed by atoms with E-state index in [-0.39, 0.29) is 5.56 Å². The van der Waals surface area contributed by atoms with Crippen molar-refractivity contribution < 1.29 is 9.90 Å². The van der Waals surface area contributed by atoms with Crippen molar-refractivity contribution in [1.29, 1.82) is 0 Å². The highest BCUT2D eigenvalue weighted by atomic mass is 35.5. The summed E-state index contributed by atoms with van der Waals surface area (Å²) in [7, 11) is 0. The van der Waals surface area contributed by atoms with Gasteiger partial charge in [0.2, 0.25) is 0 Å². The van der Waals surface area contributed by atoms with Crippen LogP contribution in [0.15, 0.2) is 60.9 Å². The van der Waals surface area contributed by atoms with Crippen molar-refractivity contribution in [2.24, 2.45) is 17.8 Å². The summed E-state index contributed by atoms with van der Waals surface area (Å²) in [5, 5.41) is 16.7. The summed E-state index contributed by atoms with van der Waals surface area (Å²) < 4.78 is 0. The smallest absolute Gasteiger partial charge is 0.337 e. The molecule has 3 N–H and O–H groups in total. The minimum Gasteiger partial charge on any atom is -0.478 e. The standard InChI is InChI=1S/C28H28ClN3O2/c29-24-12-20(28-13-17-9-18(14-28)11-19(10-17)15-28)1-6-25(24)31-21-2-4-22(5-3-21)32-26-16-30-8-7-23(26)27(33)34/h1-8,12,16-19,31-32H,9-11,13-15H2,(H,33,34). The van der Waals surface area contributed by atoms with Crippen LogP contribution in [0.4, 0.5) is 22.7 Å². The number of rotatable bonds is 6. The quantitative estimate of drug-likeness (QED) is 0.348. The van der Waals surface area contributed by atoms with E-state index in [1.54, 1.807) is 0 Å². The first-order valence-electron chi connectivity index (χ1n) is 12.1. The summed E-state index contributed by atoms with van der Waals surface area (Å²) >= 11 is 6.77. The second-order valence-corrected chi connectivity index (χ2v) is 10.9. The first kappa shape index (κ1) is 21.5. The molecular weight excluding hydrogens is 446 g/mol. The molecule has 0 unspecified atom stereocenters. The van der Waals surface area contributed by atoms with E-state index in [4.69, 9.17) is 11.6 Å². The Hall–Kier alpha value is -3.05. The zero-order chi connectivity index (χ0) is 23.3. The summed E-state index contributed by atoms with van der Waals surface area (Å²) in [6, 6.07) is 15.8. The second-order valence-electron chi connectivity index (χ2n) is 10.4. The largest absolute Gasteiger partial charge is 0.478 e. The topological polar surface area (TPSA) is 74.2 Å². The lowest BCUT2D eigenvalue weighted by atomic mass is 9.48. The molecule has 4 aliphatic rings. The summed E-state index contributed by atoms with van der Waals surface area (Å²) in [5.74, 6) is 1.74. The lowest BCUT2D eigenvalue weighted by Gasteiger charge is -2.57. The normalized spacial score (nSPS) is 26.9. The Morgan fingerprint density at radius 3 is 2.03 bits per heavy atom. The molecule has 4 aliphatic carbocycles. The number of hydrogen-bond donors (Lipinski definition) is 3. The number of nitrogens with zero attached hydrogens (tertiary/aromatic N) is 1. The van der Waals surface area contributed by atoms with Crippen LogP contribution in [0.2, 0.25) is 5.02 Å². The molecule has 4 saturated carbocycles. The number of aromatic nitrogens is 1. The first-order chi connectivity index (χ1) is 16.5. The highest BCUT2D eigenvalue weighted by Crippen LogP contribution is 2.61. The van der Waals surface area contributed by atoms with Gasteiger partial charge in [-0.3, -0.25) is 4.98 Å². The average molecular weight is 474 g/mol. The first-order valence-corrected chi connectivity index (χ1v) is 12.5.